The molecule has 1 aliphatic heterocycles. The summed E-state index contributed by atoms with van der Waals surface area (Å²) in [5, 5.41) is 2.75. The van der Waals surface area contributed by atoms with Gasteiger partial charge in [-0.05, 0) is 24.5 Å². The first-order valence-corrected chi connectivity index (χ1v) is 9.61. The summed E-state index contributed by atoms with van der Waals surface area (Å²) in [6.07, 6.45) is 2.05. The summed E-state index contributed by atoms with van der Waals surface area (Å²) in [6, 6.07) is 7.15. The molecular weight excluding hydrogens is 433 g/mol. The van der Waals surface area contributed by atoms with Gasteiger partial charge in [0.25, 0.3) is 0 Å². The molecule has 2 heterocycles. The zero-order valence-corrected chi connectivity index (χ0v) is 16.5. The Kier molecular flexibility index (Phi) is 4.78. The molecule has 0 spiro atoms. The van der Waals surface area contributed by atoms with Crippen LogP contribution in [0.5, 0.6) is 0 Å². The molecule has 1 saturated heterocycles. The van der Waals surface area contributed by atoms with Crippen molar-refractivity contribution >= 4 is 28.0 Å². The summed E-state index contributed by atoms with van der Waals surface area (Å²) in [6.45, 7) is 0. The first-order valence-electron chi connectivity index (χ1n) is 8.69. The van der Waals surface area contributed by atoms with Gasteiger partial charge in [0, 0.05) is 5.56 Å². The lowest BCUT2D eigenvalue weighted by molar-refractivity contribution is -0.152. The molecule has 1 amide bonds. The van der Waals surface area contributed by atoms with Gasteiger partial charge in [-0.1, -0.05) is 34.1 Å². The normalized spacial score (nSPS) is 28.4. The number of fused-ring (bicyclic) bond motifs is 1. The monoisotopic (exact) mass is 449 g/mol. The van der Waals surface area contributed by atoms with Crippen LogP contribution in [0.2, 0.25) is 0 Å². The number of ether oxygens (including phenoxy) is 2. The Morgan fingerprint density at radius 3 is 2.86 bits per heavy atom. The fourth-order valence-electron chi connectivity index (χ4n) is 4.01. The summed E-state index contributed by atoms with van der Waals surface area (Å²) in [7, 11) is 1.35. The number of halogens is 2. The minimum Gasteiger partial charge on any atom is -0.469 e. The fourth-order valence-corrected chi connectivity index (χ4v) is 5.02. The molecule has 28 heavy (non-hydrogen) atoms. The highest BCUT2D eigenvalue weighted by molar-refractivity contribution is 9.09. The molecule has 0 bridgehead atoms. The quantitative estimate of drug-likeness (QED) is 0.569. The minimum atomic E-state index is -0.903. The van der Waals surface area contributed by atoms with Crippen LogP contribution < -0.4 is 5.32 Å². The summed E-state index contributed by atoms with van der Waals surface area (Å²) in [4.78, 5) is 31.9. The Bertz CT molecular complexity index is 926. The lowest BCUT2D eigenvalue weighted by Gasteiger charge is -2.31. The van der Waals surface area contributed by atoms with Gasteiger partial charge in [-0.2, -0.15) is 0 Å². The van der Waals surface area contributed by atoms with Gasteiger partial charge < -0.3 is 14.8 Å². The van der Waals surface area contributed by atoms with Gasteiger partial charge in [0.2, 0.25) is 0 Å². The molecule has 1 aromatic carbocycles. The third kappa shape index (κ3) is 3.13. The molecule has 7 nitrogen and oxygen atoms in total. The van der Waals surface area contributed by atoms with Gasteiger partial charge in [-0.25, -0.2) is 19.2 Å². The molecule has 9 heteroatoms. The maximum Gasteiger partial charge on any atom is 0.407 e. The Balaban J connectivity index is 1.65. The van der Waals surface area contributed by atoms with Crippen LogP contribution in [-0.4, -0.2) is 46.1 Å². The third-order valence-corrected chi connectivity index (χ3v) is 6.66. The Labute approximate surface area is 168 Å². The molecular formula is C19H17BrFN3O4. The van der Waals surface area contributed by atoms with Crippen molar-refractivity contribution in [3.63, 3.8) is 0 Å². The number of aromatic nitrogens is 2. The lowest BCUT2D eigenvalue weighted by Crippen LogP contribution is -2.42. The summed E-state index contributed by atoms with van der Waals surface area (Å²) < 4.78 is 23.5. The number of methoxy groups -OCH3 is 1. The first-order chi connectivity index (χ1) is 13.4. The van der Waals surface area contributed by atoms with E-state index in [1.54, 1.807) is 0 Å². The number of nitrogens with zero attached hydrogens (tertiary/aromatic N) is 2. The van der Waals surface area contributed by atoms with E-state index in [0.29, 0.717) is 24.2 Å². The highest BCUT2D eigenvalue weighted by Crippen LogP contribution is 2.49. The average molecular weight is 450 g/mol. The van der Waals surface area contributed by atoms with E-state index in [4.69, 9.17) is 9.47 Å². The molecule has 2 aliphatic rings. The van der Waals surface area contributed by atoms with E-state index in [0.717, 1.165) is 18.0 Å². The molecule has 2 fully saturated rings. The highest BCUT2D eigenvalue weighted by atomic mass is 79.9. The standard InChI is InChI=1S/C19H17BrFN3O4/c1-27-17(25)19(7-13-14(15(19)20)28-18(26)24-13)6-10-3-2-4-11(5-10)16-22-8-12(21)9-23-16/h2-5,8-9,13-15H,6-7H2,1H3,(H,24,26)/t13-,14-,15+,19-/m1/s1. The minimum absolute atomic E-state index is 0.264. The predicted molar refractivity (Wildman–Crippen MR) is 100 cm³/mol. The van der Waals surface area contributed by atoms with Gasteiger partial charge in [0.05, 0.1) is 35.8 Å². The third-order valence-electron chi connectivity index (χ3n) is 5.26. The lowest BCUT2D eigenvalue weighted by atomic mass is 9.79. The van der Waals surface area contributed by atoms with Crippen molar-refractivity contribution < 1.29 is 23.5 Å². The number of hydrogen-bond acceptors (Lipinski definition) is 6. The zero-order chi connectivity index (χ0) is 19.9. The van der Waals surface area contributed by atoms with Crippen molar-refractivity contribution in [3.05, 3.63) is 48.0 Å². The van der Waals surface area contributed by atoms with Crippen molar-refractivity contribution in [1.82, 2.24) is 15.3 Å². The van der Waals surface area contributed by atoms with E-state index in [9.17, 15) is 14.0 Å². The van der Waals surface area contributed by atoms with Crippen LogP contribution in [0.4, 0.5) is 9.18 Å². The second kappa shape index (κ2) is 7.12. The van der Waals surface area contributed by atoms with Crippen LogP contribution in [0.25, 0.3) is 11.4 Å². The fraction of sp³-hybridized carbons (Fsp3) is 0.368. The number of amides is 1. The zero-order valence-electron chi connectivity index (χ0n) is 14.9. The average Bonchev–Trinajstić information content (AvgIpc) is 3.17. The number of hydrogen-bond donors (Lipinski definition) is 1. The van der Waals surface area contributed by atoms with Gasteiger partial charge in [0.1, 0.15) is 6.10 Å². The summed E-state index contributed by atoms with van der Waals surface area (Å²) in [5.41, 5.74) is 0.679. The van der Waals surface area contributed by atoms with Crippen molar-refractivity contribution in [2.75, 3.05) is 7.11 Å². The van der Waals surface area contributed by atoms with Gasteiger partial charge in [0.15, 0.2) is 11.6 Å². The van der Waals surface area contributed by atoms with Crippen molar-refractivity contribution in [3.8, 4) is 11.4 Å². The maximum absolute atomic E-state index is 13.1. The van der Waals surface area contributed by atoms with Crippen LogP contribution in [0.15, 0.2) is 36.7 Å². The first kappa shape index (κ1) is 18.8. The van der Waals surface area contributed by atoms with Crippen molar-refractivity contribution in [2.45, 2.75) is 29.8 Å². The van der Waals surface area contributed by atoms with E-state index in [-0.39, 0.29) is 12.0 Å². The van der Waals surface area contributed by atoms with Gasteiger partial charge in [-0.15, -0.1) is 0 Å². The van der Waals surface area contributed by atoms with Crippen molar-refractivity contribution in [2.24, 2.45) is 5.41 Å². The molecule has 1 N–H and O–H groups in total. The number of rotatable bonds is 4. The second-order valence-corrected chi connectivity index (χ2v) is 7.96. The highest BCUT2D eigenvalue weighted by Gasteiger charge is 2.61. The molecule has 146 valence electrons. The van der Waals surface area contributed by atoms with E-state index >= 15 is 0 Å². The van der Waals surface area contributed by atoms with E-state index in [2.05, 4.69) is 31.2 Å². The van der Waals surface area contributed by atoms with Crippen LogP contribution >= 0.6 is 15.9 Å². The number of alkyl halides is 1. The maximum atomic E-state index is 13.1. The molecule has 4 rings (SSSR count). The Morgan fingerprint density at radius 1 is 1.43 bits per heavy atom. The van der Waals surface area contributed by atoms with Crippen LogP contribution in [0.3, 0.4) is 0 Å². The number of carbonyl (C=O) groups excluding carboxylic acids is 2. The molecule has 1 aliphatic carbocycles. The van der Waals surface area contributed by atoms with Crippen LogP contribution in [0, 0.1) is 11.2 Å². The van der Waals surface area contributed by atoms with Crippen molar-refractivity contribution in [1.29, 1.82) is 0 Å². The Morgan fingerprint density at radius 2 is 2.18 bits per heavy atom. The number of carbonyl (C=O) groups is 2. The van der Waals surface area contributed by atoms with Gasteiger partial charge in [-0.3, -0.25) is 4.79 Å². The Hall–Kier alpha value is -2.55. The molecule has 2 aromatic rings. The molecule has 4 atom stereocenters. The number of benzene rings is 1. The van der Waals surface area contributed by atoms with E-state index < -0.39 is 28.3 Å². The van der Waals surface area contributed by atoms with Crippen LogP contribution in [0.1, 0.15) is 12.0 Å². The topological polar surface area (TPSA) is 90.4 Å². The largest absolute Gasteiger partial charge is 0.469 e. The number of nitrogens with one attached hydrogen (secondary N) is 1. The smallest absolute Gasteiger partial charge is 0.407 e. The van der Waals surface area contributed by atoms with E-state index in [1.165, 1.54) is 7.11 Å². The molecule has 1 aromatic heterocycles. The summed E-state index contributed by atoms with van der Waals surface area (Å²) >= 11 is 3.58. The molecule has 0 radical (unpaired) electrons. The van der Waals surface area contributed by atoms with Crippen LogP contribution in [-0.2, 0) is 20.7 Å². The summed E-state index contributed by atoms with van der Waals surface area (Å²) in [5.74, 6) is -0.485. The number of esters is 1. The molecule has 1 saturated carbocycles. The SMILES string of the molecule is COC(=O)[C@]1(Cc2cccc(-c3ncc(F)cn3)c2)C[C@H]2NC(=O)O[C@H]2[C@@H]1Br. The molecule has 0 unspecified atom stereocenters. The second-order valence-electron chi connectivity index (χ2n) is 6.98. The van der Waals surface area contributed by atoms with E-state index in [1.807, 2.05) is 24.3 Å². The number of alkyl carbamates (subject to hydrolysis) is 1. The van der Waals surface area contributed by atoms with Gasteiger partial charge >= 0.3 is 12.1 Å². The predicted octanol–water partition coefficient (Wildman–Crippen LogP) is 2.63.